The van der Waals surface area contributed by atoms with Gasteiger partial charge in [0.25, 0.3) is 0 Å². The molecule has 9 nitrogen and oxygen atoms in total. The Kier molecular flexibility index (Phi) is 10.6. The van der Waals surface area contributed by atoms with Crippen molar-refractivity contribution in [2.45, 2.75) is 90.9 Å². The van der Waals surface area contributed by atoms with Gasteiger partial charge in [-0.25, -0.2) is 9.78 Å². The number of aromatic nitrogens is 1. The fourth-order valence-electron chi connectivity index (χ4n) is 4.87. The van der Waals surface area contributed by atoms with Crippen molar-refractivity contribution in [1.82, 2.24) is 10.3 Å². The zero-order chi connectivity index (χ0) is 29.2. The summed E-state index contributed by atoms with van der Waals surface area (Å²) >= 11 is 0. The van der Waals surface area contributed by atoms with Crippen LogP contribution in [-0.4, -0.2) is 41.0 Å². The monoisotopic (exact) mass is 564 g/mol. The van der Waals surface area contributed by atoms with Crippen molar-refractivity contribution in [2.75, 3.05) is 6.61 Å². The van der Waals surface area contributed by atoms with Crippen LogP contribution in [0, 0.1) is 6.92 Å². The first-order valence-corrected chi connectivity index (χ1v) is 14.4. The number of ether oxygens (including phenoxy) is 3. The molecule has 0 radical (unpaired) electrons. The molecule has 9 heteroatoms. The number of benzene rings is 2. The maximum Gasteiger partial charge on any atom is 0.407 e. The number of oxazole rings is 1. The van der Waals surface area contributed by atoms with E-state index in [1.54, 1.807) is 13.8 Å². The second-order valence-electron chi connectivity index (χ2n) is 10.7. The van der Waals surface area contributed by atoms with E-state index in [0.717, 1.165) is 46.7 Å². The number of nitrogens with zero attached hydrogens (tertiary/aromatic N) is 1. The Morgan fingerprint density at radius 2 is 1.76 bits per heavy atom. The quantitative estimate of drug-likeness (QED) is 0.237. The van der Waals surface area contributed by atoms with E-state index in [1.807, 2.05) is 49.4 Å². The molecule has 1 saturated carbocycles. The number of rotatable bonds is 13. The highest BCUT2D eigenvalue weighted by Crippen LogP contribution is 2.27. The summed E-state index contributed by atoms with van der Waals surface area (Å²) in [6.07, 6.45) is 6.42. The molecule has 1 aromatic heterocycles. The number of carbonyl (C=O) groups is 2. The molecule has 1 aliphatic rings. The predicted octanol–water partition coefficient (Wildman–Crippen LogP) is 6.63. The third-order valence-electron chi connectivity index (χ3n) is 7.01. The van der Waals surface area contributed by atoms with Gasteiger partial charge in [0.15, 0.2) is 0 Å². The van der Waals surface area contributed by atoms with Gasteiger partial charge in [-0.15, -0.1) is 0 Å². The van der Waals surface area contributed by atoms with Gasteiger partial charge in [0, 0.05) is 24.9 Å². The summed E-state index contributed by atoms with van der Waals surface area (Å²) in [4.78, 5) is 27.8. The zero-order valence-electron chi connectivity index (χ0n) is 24.1. The van der Waals surface area contributed by atoms with Gasteiger partial charge in [-0.05, 0) is 100 Å². The molecule has 0 bridgehead atoms. The lowest BCUT2D eigenvalue weighted by Gasteiger charge is -2.22. The van der Waals surface area contributed by atoms with Crippen molar-refractivity contribution in [3.63, 3.8) is 0 Å². The molecule has 0 unspecified atom stereocenters. The van der Waals surface area contributed by atoms with Crippen LogP contribution < -0.4 is 14.8 Å². The molecule has 41 heavy (non-hydrogen) atoms. The third-order valence-corrected chi connectivity index (χ3v) is 7.01. The first kappa shape index (κ1) is 30.0. The summed E-state index contributed by atoms with van der Waals surface area (Å²) in [7, 11) is 0. The Bertz CT molecular complexity index is 1290. The number of aryl methyl sites for hydroxylation is 2. The van der Waals surface area contributed by atoms with Crippen molar-refractivity contribution in [3.05, 3.63) is 65.0 Å². The van der Waals surface area contributed by atoms with E-state index in [0.29, 0.717) is 37.2 Å². The van der Waals surface area contributed by atoms with Crippen LogP contribution in [0.25, 0.3) is 11.5 Å². The molecule has 1 amide bonds. The molecule has 4 rings (SSSR count). The summed E-state index contributed by atoms with van der Waals surface area (Å²) in [5.74, 6) is 1.91. The summed E-state index contributed by atoms with van der Waals surface area (Å²) in [6.45, 7) is 6.01. The lowest BCUT2D eigenvalue weighted by molar-refractivity contribution is -0.136. The standard InChI is InChI=1S/C32H40N2O7/c1-21(2)39-32(37)33-20-25-19-28(15-9-23(25)12-16-30(35)36)38-18-17-29-22(3)40-31(34-29)24-10-13-27(14-11-24)41-26-7-5-4-6-8-26/h9-11,13-15,19,21,26H,4-8,12,16-18,20H2,1-3H3,(H,33,37)(H,35,36). The van der Waals surface area contributed by atoms with Gasteiger partial charge in [0.1, 0.15) is 17.3 Å². The number of hydrogen-bond acceptors (Lipinski definition) is 7. The van der Waals surface area contributed by atoms with E-state index in [4.69, 9.17) is 28.7 Å². The Morgan fingerprint density at radius 1 is 1.02 bits per heavy atom. The van der Waals surface area contributed by atoms with Gasteiger partial charge in [0.05, 0.1) is 24.5 Å². The number of carbonyl (C=O) groups excluding carboxylic acids is 1. The van der Waals surface area contributed by atoms with Gasteiger partial charge in [-0.3, -0.25) is 4.79 Å². The lowest BCUT2D eigenvalue weighted by Crippen LogP contribution is -2.26. The maximum atomic E-state index is 12.0. The molecule has 1 heterocycles. The van der Waals surface area contributed by atoms with Crippen molar-refractivity contribution in [2.24, 2.45) is 0 Å². The van der Waals surface area contributed by atoms with Crippen LogP contribution in [0.5, 0.6) is 11.5 Å². The van der Waals surface area contributed by atoms with Gasteiger partial charge in [-0.2, -0.15) is 0 Å². The molecule has 1 aliphatic carbocycles. The minimum Gasteiger partial charge on any atom is -0.493 e. The summed E-state index contributed by atoms with van der Waals surface area (Å²) < 4.78 is 23.2. The van der Waals surface area contributed by atoms with Gasteiger partial charge in [0.2, 0.25) is 5.89 Å². The largest absolute Gasteiger partial charge is 0.493 e. The topological polar surface area (TPSA) is 120 Å². The third kappa shape index (κ3) is 9.27. The Morgan fingerprint density at radius 3 is 2.46 bits per heavy atom. The lowest BCUT2D eigenvalue weighted by atomic mass is 9.98. The Balaban J connectivity index is 1.34. The van der Waals surface area contributed by atoms with E-state index < -0.39 is 12.1 Å². The van der Waals surface area contributed by atoms with Gasteiger partial charge >= 0.3 is 12.1 Å². The number of hydrogen-bond donors (Lipinski definition) is 2. The molecular weight excluding hydrogens is 524 g/mol. The average Bonchev–Trinajstić information content (AvgIpc) is 3.32. The van der Waals surface area contributed by atoms with E-state index in [-0.39, 0.29) is 19.1 Å². The minimum absolute atomic E-state index is 0.00627. The predicted molar refractivity (Wildman–Crippen MR) is 154 cm³/mol. The number of alkyl carbamates (subject to hydrolysis) is 1. The number of aliphatic carboxylic acids is 1. The summed E-state index contributed by atoms with van der Waals surface area (Å²) in [6, 6.07) is 13.4. The average molecular weight is 565 g/mol. The van der Waals surface area contributed by atoms with Crippen LogP contribution in [0.1, 0.15) is 75.0 Å². The highest BCUT2D eigenvalue weighted by atomic mass is 16.6. The highest BCUT2D eigenvalue weighted by molar-refractivity contribution is 5.68. The van der Waals surface area contributed by atoms with Crippen LogP contribution in [0.2, 0.25) is 0 Å². The number of carboxylic acid groups (broad SMARTS) is 1. The smallest absolute Gasteiger partial charge is 0.407 e. The van der Waals surface area contributed by atoms with Crippen LogP contribution in [-0.2, 0) is 28.9 Å². The minimum atomic E-state index is -0.880. The second-order valence-corrected chi connectivity index (χ2v) is 10.7. The summed E-state index contributed by atoms with van der Waals surface area (Å²) in [5.41, 5.74) is 3.32. The fourth-order valence-corrected chi connectivity index (χ4v) is 4.87. The van der Waals surface area contributed by atoms with E-state index in [1.165, 1.54) is 19.3 Å². The van der Waals surface area contributed by atoms with Crippen molar-refractivity contribution in [1.29, 1.82) is 0 Å². The zero-order valence-corrected chi connectivity index (χ0v) is 24.1. The molecule has 2 aromatic carbocycles. The molecular formula is C32H40N2O7. The molecule has 0 saturated heterocycles. The molecule has 220 valence electrons. The molecule has 2 N–H and O–H groups in total. The van der Waals surface area contributed by atoms with Crippen molar-refractivity contribution in [3.8, 4) is 23.0 Å². The van der Waals surface area contributed by atoms with Crippen LogP contribution in [0.4, 0.5) is 4.79 Å². The van der Waals surface area contributed by atoms with E-state index >= 15 is 0 Å². The molecule has 1 fully saturated rings. The number of carboxylic acids is 1. The van der Waals surface area contributed by atoms with Crippen LogP contribution >= 0.6 is 0 Å². The van der Waals surface area contributed by atoms with Crippen molar-refractivity contribution >= 4 is 12.1 Å². The van der Waals surface area contributed by atoms with Crippen LogP contribution in [0.3, 0.4) is 0 Å². The maximum absolute atomic E-state index is 12.0. The Hall–Kier alpha value is -4.01. The van der Waals surface area contributed by atoms with Crippen molar-refractivity contribution < 1.29 is 33.3 Å². The highest BCUT2D eigenvalue weighted by Gasteiger charge is 2.16. The Labute approximate surface area is 241 Å². The normalized spacial score (nSPS) is 13.7. The number of amides is 1. The van der Waals surface area contributed by atoms with Gasteiger partial charge in [-0.1, -0.05) is 12.5 Å². The van der Waals surface area contributed by atoms with E-state index in [9.17, 15) is 9.59 Å². The van der Waals surface area contributed by atoms with E-state index in [2.05, 4.69) is 5.32 Å². The van der Waals surface area contributed by atoms with Crippen LogP contribution in [0.15, 0.2) is 46.9 Å². The molecule has 0 atom stereocenters. The molecule has 0 aliphatic heterocycles. The summed E-state index contributed by atoms with van der Waals surface area (Å²) in [5, 5.41) is 11.8. The second kappa shape index (κ2) is 14.6. The molecule has 0 spiro atoms. The SMILES string of the molecule is Cc1oc(-c2ccc(OC3CCCCC3)cc2)nc1CCOc1ccc(CCC(=O)O)c(CNC(=O)OC(C)C)c1. The fraction of sp³-hybridized carbons (Fsp3) is 0.469. The first-order chi connectivity index (χ1) is 19.8. The van der Waals surface area contributed by atoms with Gasteiger partial charge < -0.3 is 29.1 Å². The first-order valence-electron chi connectivity index (χ1n) is 14.4. The molecule has 3 aromatic rings. The number of nitrogens with one attached hydrogen (secondary N) is 1.